The van der Waals surface area contributed by atoms with Gasteiger partial charge in [-0.25, -0.2) is 15.0 Å². The number of fused-ring (bicyclic) bond motifs is 1. The summed E-state index contributed by atoms with van der Waals surface area (Å²) in [7, 11) is 3.68. The summed E-state index contributed by atoms with van der Waals surface area (Å²) in [6.07, 6.45) is -1.14. The Morgan fingerprint density at radius 2 is 2.00 bits per heavy atom. The quantitative estimate of drug-likeness (QED) is 0.626. The molecule has 2 aromatic heterocycles. The van der Waals surface area contributed by atoms with Crippen molar-refractivity contribution in [2.24, 2.45) is 0 Å². The van der Waals surface area contributed by atoms with E-state index in [1.807, 2.05) is 14.1 Å². The number of ether oxygens (including phenoxy) is 1. The second-order valence-electron chi connectivity index (χ2n) is 5.14. The molecule has 3 heterocycles. The molecule has 9 nitrogen and oxygen atoms in total. The molecule has 9 heteroatoms. The van der Waals surface area contributed by atoms with Gasteiger partial charge in [0.15, 0.2) is 23.2 Å². The fraction of sp³-hybridized carbons (Fsp3) is 0.583. The van der Waals surface area contributed by atoms with Crippen molar-refractivity contribution in [1.29, 1.82) is 0 Å². The van der Waals surface area contributed by atoms with Crippen molar-refractivity contribution in [3.05, 3.63) is 12.7 Å². The predicted molar refractivity (Wildman–Crippen MR) is 72.7 cm³/mol. The van der Waals surface area contributed by atoms with Gasteiger partial charge in [-0.3, -0.25) is 4.57 Å². The third-order valence-electron chi connectivity index (χ3n) is 3.55. The van der Waals surface area contributed by atoms with Gasteiger partial charge >= 0.3 is 0 Å². The third-order valence-corrected chi connectivity index (χ3v) is 3.55. The van der Waals surface area contributed by atoms with Gasteiger partial charge < -0.3 is 25.0 Å². The van der Waals surface area contributed by atoms with E-state index in [4.69, 9.17) is 9.84 Å². The fourth-order valence-electron chi connectivity index (χ4n) is 2.46. The molecule has 1 aliphatic rings. The van der Waals surface area contributed by atoms with E-state index in [0.717, 1.165) is 0 Å². The Labute approximate surface area is 120 Å². The van der Waals surface area contributed by atoms with Gasteiger partial charge in [0.05, 0.1) is 12.9 Å². The largest absolute Gasteiger partial charge is 0.394 e. The van der Waals surface area contributed by atoms with Crippen LogP contribution in [0.2, 0.25) is 0 Å². The number of aliphatic hydroxyl groups excluding tert-OH is 3. The average Bonchev–Trinajstić information content (AvgIpc) is 3.01. The minimum atomic E-state index is -1.17. The van der Waals surface area contributed by atoms with Crippen molar-refractivity contribution in [2.45, 2.75) is 24.5 Å². The van der Waals surface area contributed by atoms with Crippen LogP contribution < -0.4 is 4.90 Å². The number of nitrogens with zero attached hydrogens (tertiary/aromatic N) is 5. The Morgan fingerprint density at radius 3 is 2.62 bits per heavy atom. The molecule has 1 saturated heterocycles. The predicted octanol–water partition coefficient (Wildman–Crippen LogP) is -1.50. The number of anilines is 1. The van der Waals surface area contributed by atoms with Crippen molar-refractivity contribution >= 4 is 17.0 Å². The first-order chi connectivity index (χ1) is 10.0. The SMILES string of the molecule is CN(C)c1ncnc2c1ncn2[C@@H]1O[C@H](CO)[C@H](O)[C@@H]1O. The zero-order chi connectivity index (χ0) is 15.1. The summed E-state index contributed by atoms with van der Waals surface area (Å²) in [5.74, 6) is 0.644. The molecule has 0 amide bonds. The van der Waals surface area contributed by atoms with Crippen molar-refractivity contribution in [3.8, 4) is 0 Å². The van der Waals surface area contributed by atoms with E-state index in [-0.39, 0.29) is 6.61 Å². The molecule has 0 spiro atoms. The molecule has 1 fully saturated rings. The lowest BCUT2D eigenvalue weighted by atomic mass is 10.1. The molecule has 3 N–H and O–H groups in total. The van der Waals surface area contributed by atoms with E-state index >= 15 is 0 Å². The summed E-state index contributed by atoms with van der Waals surface area (Å²) < 4.78 is 7.02. The van der Waals surface area contributed by atoms with Gasteiger partial charge in [-0.1, -0.05) is 0 Å². The van der Waals surface area contributed by atoms with Gasteiger partial charge in [0.25, 0.3) is 0 Å². The molecule has 114 valence electrons. The maximum atomic E-state index is 10.1. The monoisotopic (exact) mass is 295 g/mol. The van der Waals surface area contributed by atoms with Crippen LogP contribution in [0, 0.1) is 0 Å². The van der Waals surface area contributed by atoms with Crippen LogP contribution >= 0.6 is 0 Å². The van der Waals surface area contributed by atoms with E-state index in [2.05, 4.69) is 15.0 Å². The topological polar surface area (TPSA) is 117 Å². The highest BCUT2D eigenvalue weighted by Gasteiger charge is 2.44. The van der Waals surface area contributed by atoms with E-state index in [0.29, 0.717) is 17.0 Å². The molecular formula is C12H17N5O4. The van der Waals surface area contributed by atoms with Crippen molar-refractivity contribution in [3.63, 3.8) is 0 Å². The van der Waals surface area contributed by atoms with Crippen molar-refractivity contribution in [2.75, 3.05) is 25.6 Å². The van der Waals surface area contributed by atoms with Crippen LogP contribution in [-0.4, -0.2) is 73.9 Å². The van der Waals surface area contributed by atoms with E-state index < -0.39 is 24.5 Å². The average molecular weight is 295 g/mol. The maximum absolute atomic E-state index is 10.1. The lowest BCUT2D eigenvalue weighted by Gasteiger charge is -2.17. The number of imidazole rings is 1. The zero-order valence-corrected chi connectivity index (χ0v) is 11.7. The van der Waals surface area contributed by atoms with Crippen molar-refractivity contribution in [1.82, 2.24) is 19.5 Å². The fourth-order valence-corrected chi connectivity index (χ4v) is 2.46. The van der Waals surface area contributed by atoms with Gasteiger partial charge in [-0.15, -0.1) is 0 Å². The Hall–Kier alpha value is -1.81. The molecule has 0 aliphatic carbocycles. The summed E-state index contributed by atoms with van der Waals surface area (Å²) >= 11 is 0. The number of aliphatic hydroxyl groups is 3. The van der Waals surface area contributed by atoms with Crippen LogP contribution in [-0.2, 0) is 4.74 Å². The zero-order valence-electron chi connectivity index (χ0n) is 11.7. The summed E-state index contributed by atoms with van der Waals surface area (Å²) in [6.45, 7) is -0.376. The standard InChI is InChI=1S/C12H17N5O4/c1-16(2)10-7-11(14-4-13-10)17(5-15-7)12-9(20)8(19)6(3-18)21-12/h4-6,8-9,12,18-20H,3H2,1-2H3/t6-,8+,9+,12-/m1/s1. The highest BCUT2D eigenvalue weighted by molar-refractivity contribution is 5.83. The molecule has 0 aromatic carbocycles. The normalized spacial score (nSPS) is 29.2. The minimum Gasteiger partial charge on any atom is -0.394 e. The maximum Gasteiger partial charge on any atom is 0.167 e. The molecule has 1 aliphatic heterocycles. The number of rotatable bonds is 3. The Balaban J connectivity index is 2.04. The Morgan fingerprint density at radius 1 is 1.24 bits per heavy atom. The molecule has 4 atom stereocenters. The van der Waals surface area contributed by atoms with Gasteiger partial charge in [-0.05, 0) is 0 Å². The minimum absolute atomic E-state index is 0.376. The number of hydrogen-bond donors (Lipinski definition) is 3. The van der Waals surface area contributed by atoms with Crippen LogP contribution in [0.5, 0.6) is 0 Å². The smallest absolute Gasteiger partial charge is 0.167 e. The van der Waals surface area contributed by atoms with Crippen LogP contribution in [0.25, 0.3) is 11.2 Å². The summed E-state index contributed by atoms with van der Waals surface area (Å²) in [5, 5.41) is 29.1. The van der Waals surface area contributed by atoms with Gasteiger partial charge in [0.1, 0.15) is 24.6 Å². The molecular weight excluding hydrogens is 278 g/mol. The molecule has 0 bridgehead atoms. The Bertz CT molecular complexity index is 646. The first-order valence-corrected chi connectivity index (χ1v) is 6.52. The summed E-state index contributed by atoms with van der Waals surface area (Å²) in [4.78, 5) is 14.4. The first-order valence-electron chi connectivity index (χ1n) is 6.52. The van der Waals surface area contributed by atoms with E-state index in [1.165, 1.54) is 17.2 Å². The van der Waals surface area contributed by atoms with Crippen molar-refractivity contribution < 1.29 is 20.1 Å². The van der Waals surface area contributed by atoms with Crippen LogP contribution in [0.15, 0.2) is 12.7 Å². The first kappa shape index (κ1) is 14.1. The number of hydrogen-bond acceptors (Lipinski definition) is 8. The van der Waals surface area contributed by atoms with Crippen LogP contribution in [0.1, 0.15) is 6.23 Å². The third kappa shape index (κ3) is 2.14. The van der Waals surface area contributed by atoms with Crippen LogP contribution in [0.4, 0.5) is 5.82 Å². The molecule has 0 radical (unpaired) electrons. The lowest BCUT2D eigenvalue weighted by Crippen LogP contribution is -2.33. The van der Waals surface area contributed by atoms with E-state index in [1.54, 1.807) is 4.90 Å². The highest BCUT2D eigenvalue weighted by atomic mass is 16.6. The molecule has 3 rings (SSSR count). The second kappa shape index (κ2) is 5.19. The summed E-state index contributed by atoms with van der Waals surface area (Å²) in [6, 6.07) is 0. The molecule has 0 unspecified atom stereocenters. The lowest BCUT2D eigenvalue weighted by molar-refractivity contribution is -0.0511. The Kier molecular flexibility index (Phi) is 3.49. The summed E-state index contributed by atoms with van der Waals surface area (Å²) in [5.41, 5.74) is 1.06. The molecule has 2 aromatic rings. The second-order valence-corrected chi connectivity index (χ2v) is 5.14. The number of aromatic nitrogens is 4. The molecule has 21 heavy (non-hydrogen) atoms. The van der Waals surface area contributed by atoms with E-state index in [9.17, 15) is 10.2 Å². The highest BCUT2D eigenvalue weighted by Crippen LogP contribution is 2.32. The van der Waals surface area contributed by atoms with Gasteiger partial charge in [0.2, 0.25) is 0 Å². The van der Waals surface area contributed by atoms with Gasteiger partial charge in [-0.2, -0.15) is 0 Å². The molecule has 0 saturated carbocycles. The van der Waals surface area contributed by atoms with Gasteiger partial charge in [0, 0.05) is 14.1 Å². The van der Waals surface area contributed by atoms with Crippen LogP contribution in [0.3, 0.4) is 0 Å².